The third kappa shape index (κ3) is 4.26. The molecule has 108 valence electrons. The Hall–Kier alpha value is -0.990. The molecule has 1 aliphatic rings. The van der Waals surface area contributed by atoms with Crippen LogP contribution in [0.25, 0.3) is 0 Å². The molecule has 3 nitrogen and oxygen atoms in total. The van der Waals surface area contributed by atoms with Crippen molar-refractivity contribution < 1.29 is 0 Å². The second-order valence-electron chi connectivity index (χ2n) is 6.76. The van der Waals surface area contributed by atoms with Crippen LogP contribution in [0.4, 0.5) is 5.95 Å². The molecule has 0 aromatic carbocycles. The van der Waals surface area contributed by atoms with Crippen molar-refractivity contribution in [2.75, 3.05) is 11.9 Å². The first-order chi connectivity index (χ1) is 9.04. The second-order valence-corrected chi connectivity index (χ2v) is 6.76. The van der Waals surface area contributed by atoms with Gasteiger partial charge in [-0.05, 0) is 37.5 Å². The van der Waals surface area contributed by atoms with Gasteiger partial charge >= 0.3 is 0 Å². The smallest absolute Gasteiger partial charge is 0.203 e. The molecule has 1 aromatic rings. The number of aryl methyl sites for hydroxylation is 1. The van der Waals surface area contributed by atoms with E-state index in [-0.39, 0.29) is 0 Å². The van der Waals surface area contributed by atoms with Crippen molar-refractivity contribution in [2.24, 2.45) is 17.8 Å². The first-order valence-corrected chi connectivity index (χ1v) is 7.82. The molecule has 0 atom stereocenters. The lowest BCUT2D eigenvalue weighted by Gasteiger charge is -2.26. The Morgan fingerprint density at radius 1 is 1.32 bits per heavy atom. The summed E-state index contributed by atoms with van der Waals surface area (Å²) in [7, 11) is 0. The Morgan fingerprint density at radius 3 is 2.63 bits per heavy atom. The minimum absolute atomic E-state index is 0.657. The molecule has 19 heavy (non-hydrogen) atoms. The zero-order valence-corrected chi connectivity index (χ0v) is 12.9. The summed E-state index contributed by atoms with van der Waals surface area (Å²) in [4.78, 5) is 4.61. The summed E-state index contributed by atoms with van der Waals surface area (Å²) in [6.07, 6.45) is 7.69. The van der Waals surface area contributed by atoms with Crippen LogP contribution in [0.5, 0.6) is 0 Å². The molecule has 1 fully saturated rings. The quantitative estimate of drug-likeness (QED) is 0.867. The molecule has 0 aliphatic heterocycles. The van der Waals surface area contributed by atoms with Crippen molar-refractivity contribution in [3.63, 3.8) is 0 Å². The first-order valence-electron chi connectivity index (χ1n) is 7.82. The highest BCUT2D eigenvalue weighted by Crippen LogP contribution is 2.28. The molecule has 3 heteroatoms. The highest BCUT2D eigenvalue weighted by atomic mass is 15.2. The molecular weight excluding hydrogens is 234 g/mol. The van der Waals surface area contributed by atoms with Gasteiger partial charge in [0.2, 0.25) is 5.95 Å². The van der Waals surface area contributed by atoms with Gasteiger partial charge in [-0.15, -0.1) is 0 Å². The van der Waals surface area contributed by atoms with E-state index in [0.29, 0.717) is 5.92 Å². The van der Waals surface area contributed by atoms with E-state index < -0.39 is 0 Å². The van der Waals surface area contributed by atoms with Gasteiger partial charge in [0, 0.05) is 19.3 Å². The van der Waals surface area contributed by atoms with Crippen LogP contribution >= 0.6 is 0 Å². The topological polar surface area (TPSA) is 29.9 Å². The average molecular weight is 263 g/mol. The summed E-state index contributed by atoms with van der Waals surface area (Å²) in [5, 5.41) is 3.58. The van der Waals surface area contributed by atoms with Crippen LogP contribution in [0.2, 0.25) is 0 Å². The summed E-state index contributed by atoms with van der Waals surface area (Å²) in [5.41, 5.74) is 1.11. The van der Waals surface area contributed by atoms with Gasteiger partial charge in [0.15, 0.2) is 0 Å². The van der Waals surface area contributed by atoms with Crippen LogP contribution in [-0.4, -0.2) is 16.1 Å². The second kappa shape index (κ2) is 6.44. The van der Waals surface area contributed by atoms with Crippen molar-refractivity contribution in [3.05, 3.63) is 11.9 Å². The van der Waals surface area contributed by atoms with Crippen LogP contribution in [0.1, 0.15) is 52.1 Å². The molecule has 0 saturated heterocycles. The molecule has 1 heterocycles. The fourth-order valence-corrected chi connectivity index (χ4v) is 2.99. The molecule has 0 radical (unpaired) electrons. The van der Waals surface area contributed by atoms with Gasteiger partial charge in [-0.25, -0.2) is 4.98 Å². The summed E-state index contributed by atoms with van der Waals surface area (Å²) in [5.74, 6) is 3.48. The molecule has 1 aromatic heterocycles. The van der Waals surface area contributed by atoms with Crippen LogP contribution in [0.3, 0.4) is 0 Å². The predicted molar refractivity (Wildman–Crippen MR) is 81.4 cm³/mol. The van der Waals surface area contributed by atoms with Crippen molar-refractivity contribution in [2.45, 2.75) is 59.9 Å². The molecule has 2 rings (SSSR count). The highest BCUT2D eigenvalue weighted by Gasteiger charge is 2.18. The molecule has 1 saturated carbocycles. The lowest BCUT2D eigenvalue weighted by atomic mass is 9.83. The number of hydrogen-bond donors (Lipinski definition) is 1. The van der Waals surface area contributed by atoms with E-state index in [0.717, 1.165) is 36.6 Å². The average Bonchev–Trinajstić information content (AvgIpc) is 2.68. The minimum Gasteiger partial charge on any atom is -0.355 e. The number of imidazole rings is 1. The number of rotatable bonds is 5. The van der Waals surface area contributed by atoms with Gasteiger partial charge in [-0.2, -0.15) is 0 Å². The predicted octanol–water partition coefficient (Wildman–Crippen LogP) is 4.09. The zero-order valence-electron chi connectivity index (χ0n) is 12.9. The van der Waals surface area contributed by atoms with Crippen molar-refractivity contribution in [3.8, 4) is 0 Å². The van der Waals surface area contributed by atoms with E-state index in [1.165, 1.54) is 25.7 Å². The highest BCUT2D eigenvalue weighted by molar-refractivity contribution is 5.28. The van der Waals surface area contributed by atoms with E-state index in [9.17, 15) is 0 Å². The molecular formula is C16H29N3. The Balaban J connectivity index is 1.88. The zero-order chi connectivity index (χ0) is 13.8. The number of nitrogens with zero attached hydrogens (tertiary/aromatic N) is 2. The van der Waals surface area contributed by atoms with Gasteiger partial charge < -0.3 is 9.88 Å². The maximum absolute atomic E-state index is 4.61. The summed E-state index contributed by atoms with van der Waals surface area (Å²) >= 11 is 0. The van der Waals surface area contributed by atoms with Crippen LogP contribution in [0.15, 0.2) is 6.20 Å². The summed E-state index contributed by atoms with van der Waals surface area (Å²) in [6, 6.07) is 0. The van der Waals surface area contributed by atoms with Gasteiger partial charge in [0.05, 0.1) is 5.69 Å². The van der Waals surface area contributed by atoms with E-state index >= 15 is 0 Å². The summed E-state index contributed by atoms with van der Waals surface area (Å²) in [6.45, 7) is 11.1. The van der Waals surface area contributed by atoms with Gasteiger partial charge in [0.1, 0.15) is 0 Å². The Kier molecular flexibility index (Phi) is 4.89. The number of nitrogens with one attached hydrogen (secondary N) is 1. The van der Waals surface area contributed by atoms with Crippen molar-refractivity contribution in [1.29, 1.82) is 0 Å². The van der Waals surface area contributed by atoms with E-state index in [1.54, 1.807) is 0 Å². The maximum Gasteiger partial charge on any atom is 0.203 e. The van der Waals surface area contributed by atoms with Gasteiger partial charge in [-0.3, -0.25) is 0 Å². The SMILES string of the molecule is Cc1cn(CC(C)C)c(NCC2CCC(C)CC2)n1. The fraction of sp³-hybridized carbons (Fsp3) is 0.812. The lowest BCUT2D eigenvalue weighted by molar-refractivity contribution is 0.300. The molecule has 0 unspecified atom stereocenters. The summed E-state index contributed by atoms with van der Waals surface area (Å²) < 4.78 is 2.27. The van der Waals surface area contributed by atoms with E-state index in [4.69, 9.17) is 0 Å². The fourth-order valence-electron chi connectivity index (χ4n) is 2.99. The number of anilines is 1. The van der Waals surface area contributed by atoms with Crippen LogP contribution in [-0.2, 0) is 6.54 Å². The standard InChI is InChI=1S/C16H29N3/c1-12(2)10-19-11-14(4)18-16(19)17-9-15-7-5-13(3)6-8-15/h11-13,15H,5-10H2,1-4H3,(H,17,18). The monoisotopic (exact) mass is 263 g/mol. The largest absolute Gasteiger partial charge is 0.355 e. The first kappa shape index (κ1) is 14.4. The molecule has 1 N–H and O–H groups in total. The van der Waals surface area contributed by atoms with Gasteiger partial charge in [0.25, 0.3) is 0 Å². The lowest BCUT2D eigenvalue weighted by Crippen LogP contribution is -2.21. The van der Waals surface area contributed by atoms with Gasteiger partial charge in [-0.1, -0.05) is 33.6 Å². The molecule has 1 aliphatic carbocycles. The Morgan fingerprint density at radius 2 is 2.00 bits per heavy atom. The molecule has 0 spiro atoms. The Bertz CT molecular complexity index is 387. The number of aromatic nitrogens is 2. The van der Waals surface area contributed by atoms with Crippen molar-refractivity contribution >= 4 is 5.95 Å². The molecule has 0 bridgehead atoms. The van der Waals surface area contributed by atoms with Crippen molar-refractivity contribution in [1.82, 2.24) is 9.55 Å². The third-order valence-electron chi connectivity index (χ3n) is 4.14. The third-order valence-corrected chi connectivity index (χ3v) is 4.14. The van der Waals surface area contributed by atoms with Crippen LogP contribution in [0, 0.1) is 24.7 Å². The Labute approximate surface area is 117 Å². The minimum atomic E-state index is 0.657. The number of hydrogen-bond acceptors (Lipinski definition) is 2. The molecule has 0 amide bonds. The van der Waals surface area contributed by atoms with E-state index in [1.807, 2.05) is 0 Å². The maximum atomic E-state index is 4.61. The van der Waals surface area contributed by atoms with E-state index in [2.05, 4.69) is 48.8 Å². The normalized spacial score (nSPS) is 23.8. The van der Waals surface area contributed by atoms with Crippen LogP contribution < -0.4 is 5.32 Å².